The van der Waals surface area contributed by atoms with E-state index in [1.54, 1.807) is 5.57 Å². The molecule has 59 radical (unpaired) electrons. The molecule has 0 saturated heterocycles. The van der Waals surface area contributed by atoms with Gasteiger partial charge in [0.05, 0.1) is 39.6 Å². The van der Waals surface area contributed by atoms with Crippen LogP contribution in [0.5, 0.6) is 0 Å². The van der Waals surface area contributed by atoms with Crippen molar-refractivity contribution < 1.29 is 1970 Å². The molecule has 4 aliphatic carbocycles. The second-order valence-electron chi connectivity index (χ2n) is 16.3. The van der Waals surface area contributed by atoms with Gasteiger partial charge in [-0.15, -0.1) is 0 Å². The monoisotopic (exact) mass is 5940 g/mol. The summed E-state index contributed by atoms with van der Waals surface area (Å²) in [5, 5.41) is 2.91. The molecule has 107 heavy (non-hydrogen) atoms. The number of allylic oxidation sites excluding steroid dienone is 1. The van der Waals surface area contributed by atoms with Crippen LogP contribution in [0, 0.1) is 46.3 Å². The molecule has 3 fully saturated rings. The van der Waals surface area contributed by atoms with Gasteiger partial charge in [0.1, 0.15) is 6.10 Å². The van der Waals surface area contributed by atoms with E-state index in [0.717, 1.165) is 61.4 Å². The number of hydrogen-bond donors (Lipinski definition) is 2. The first-order valence-corrected chi connectivity index (χ1v) is 21.2. The molecule has 4 rings (SSSR count). The second-order valence-corrected chi connectivity index (χ2v) is 18.2. The van der Waals surface area contributed by atoms with Crippen LogP contribution in [0.3, 0.4) is 0 Å². The molecule has 0 heterocycles. The van der Waals surface area contributed by atoms with Gasteiger partial charge in [0.2, 0.25) is 0 Å². The fourth-order valence-corrected chi connectivity index (χ4v) is 10.5. The van der Waals surface area contributed by atoms with Crippen molar-refractivity contribution in [2.75, 3.05) is 59.5 Å². The molecule has 0 aromatic heterocycles. The van der Waals surface area contributed by atoms with Crippen LogP contribution in [-0.2, 0) is 1960 Å². The Morgan fingerprint density at radius 3 is 1.04 bits per heavy atom. The molecular weight excluding hydrogens is 5870 g/mol. The maximum atomic E-state index is 12.6. The minimum Gasteiger partial charge on any atom is -0.446 e. The average Bonchev–Trinajstić information content (AvgIpc) is 3.38. The van der Waals surface area contributed by atoms with Crippen molar-refractivity contribution >= 4 is 13.7 Å². The van der Waals surface area contributed by atoms with Crippen LogP contribution in [-0.4, -0.2) is 76.5 Å². The van der Waals surface area contributed by atoms with E-state index >= 15 is 0 Å². The van der Waals surface area contributed by atoms with E-state index in [1.165, 1.54) is 51.4 Å². The molecular formula is C38H68NO8PY59. The van der Waals surface area contributed by atoms with E-state index in [0.29, 0.717) is 51.4 Å². The fourth-order valence-electron chi connectivity index (χ4n) is 10.1. The molecule has 0 aromatic rings. The van der Waals surface area contributed by atoms with Gasteiger partial charge in [-0.3, -0.25) is 4.57 Å². The zero-order chi connectivity index (χ0) is 34.8. The first kappa shape index (κ1) is 374. The Morgan fingerprint density at radius 1 is 0.421 bits per heavy atom. The number of carbonyl (C=O) groups is 1. The average molecular weight is 5940 g/mol. The van der Waals surface area contributed by atoms with E-state index in [1.807, 2.05) is 0 Å². The van der Waals surface area contributed by atoms with Crippen LogP contribution >= 0.6 is 7.60 Å². The summed E-state index contributed by atoms with van der Waals surface area (Å²) in [7, 11) is -3.45. The quantitative estimate of drug-likeness (QED) is 0.0713. The maximum absolute atomic E-state index is 12.6. The summed E-state index contributed by atoms with van der Waals surface area (Å²) in [6, 6.07) is 0. The van der Waals surface area contributed by atoms with Gasteiger partial charge in [-0.25, -0.2) is 4.79 Å². The Kier molecular flexibility index (Phi) is 917. The molecule has 4 aliphatic rings. The summed E-state index contributed by atoms with van der Waals surface area (Å²) in [6.45, 7) is 16.7. The summed E-state index contributed by atoms with van der Waals surface area (Å²) in [4.78, 5) is 21.6. The number of hydrogen-bond acceptors (Lipinski definition) is 7. The van der Waals surface area contributed by atoms with Crippen molar-refractivity contribution in [2.45, 2.75) is 118 Å². The maximum Gasteiger partial charge on any atom is 0.407 e. The molecule has 2 N–H and O–H groups in total. The Balaban J connectivity index is -0.00000000816. The molecule has 455 valence electrons. The summed E-state index contributed by atoms with van der Waals surface area (Å²) in [6.07, 6.45) is 16.9. The van der Waals surface area contributed by atoms with E-state index in [-0.39, 0.29) is 1960 Å². The standard InChI is InChI=1S/C38H68NO8P.59Y/c1-28(2)9-7-10-29(3)33-13-14-34-32-12-11-30-27-31(15-17-37(30,4)35(32)16-18-38(33,34)5)47-36(40)39-19-8-20-43-21-22-44-23-24-45-25-26-46-48(6,41)42;;;;;;;;;;;;;;;;;;;;;;;;;;;;;;;;;;;;;;;;;;;;;;;;;;;;;;;;;;;/h11,28-29,31-35H,7-10,12-27H2,1-6H3,(H,39,40)(H,41,42);;;;;;;;;;;;;;;;;;;;;;;;;;;;;;;;;;;;;;;;;;;;;;;;;;;;;;;;;;;/t29-,31+,32+,33-,34+,35+,37+,38-;;;;;;;;;;;;;;;;;;;;;;;;;;;;;;;;;;;;;;;;;;;;;;;;;;;;;;;;;;;/m1.........................................................../s1. The SMILES string of the molecule is CC(C)CCC[C@@H](C)[C@H]1CC[C@H]2[C@@H]3CC=C4C[C@@H](OC(=O)NCCCOCCOCCOCCOP(C)(=O)O)CC[C@]4(C)[C@H]3CC[C@]12C.[Y].[Y].[Y].[Y].[Y].[Y].[Y].[Y].[Y].[Y].[Y].[Y].[Y].[Y].[Y].[Y].[Y].[Y].[Y].[Y].[Y].[Y].[Y].[Y].[Y].[Y].[Y].[Y].[Y].[Y].[Y].[Y].[Y].[Y].[Y].[Y].[Y].[Y].[Y].[Y].[Y].[Y].[Y].[Y].[Y].[Y].[Y].[Y].[Y].[Y].[Y].[Y].[Y].[Y].[Y].[Y].[Y].[Y].[Y]. The van der Waals surface area contributed by atoms with Crippen molar-refractivity contribution in [2.24, 2.45) is 46.3 Å². The second kappa shape index (κ2) is 263. The first-order valence-electron chi connectivity index (χ1n) is 19.2. The minimum atomic E-state index is -3.45. The third-order valence-electron chi connectivity index (χ3n) is 12.6. The predicted octanol–water partition coefficient (Wildman–Crippen LogP) is 8.25. The number of rotatable bonds is 20. The summed E-state index contributed by atoms with van der Waals surface area (Å²) in [5.41, 5.74) is 2.32. The van der Waals surface area contributed by atoms with Gasteiger partial charge in [-0.1, -0.05) is 65.5 Å². The molecule has 0 aromatic carbocycles. The van der Waals surface area contributed by atoms with E-state index in [9.17, 15) is 9.36 Å². The van der Waals surface area contributed by atoms with Crippen LogP contribution in [0.1, 0.15) is 112 Å². The molecule has 9 atom stereocenters. The molecule has 69 heteroatoms. The van der Waals surface area contributed by atoms with Crippen LogP contribution in [0.25, 0.3) is 0 Å². The molecule has 0 bridgehead atoms. The van der Waals surface area contributed by atoms with Crippen LogP contribution < -0.4 is 5.32 Å². The van der Waals surface area contributed by atoms with Gasteiger partial charge in [0, 0.05) is 1960 Å². The molecule has 1 unspecified atom stereocenters. The molecule has 0 spiro atoms. The summed E-state index contributed by atoms with van der Waals surface area (Å²) >= 11 is 0. The number of ether oxygens (including phenoxy) is 4. The molecule has 0 aliphatic heterocycles. The number of fused-ring (bicyclic) bond motifs is 5. The molecule has 3 saturated carbocycles. The number of alkyl carbamates (subject to hydrolysis) is 1. The third-order valence-corrected chi connectivity index (χ3v) is 13.2. The fraction of sp³-hybridized carbons (Fsp3) is 0.921. The van der Waals surface area contributed by atoms with Gasteiger partial charge in [0.15, 0.2) is 0 Å². The van der Waals surface area contributed by atoms with E-state index < -0.39 is 7.60 Å². The minimum absolute atomic E-state index is 0. The zero-order valence-electron chi connectivity index (χ0n) is 65.1. The number of carbonyl (C=O) groups excluding carboxylic acids is 1. The van der Waals surface area contributed by atoms with Crippen LogP contribution in [0.4, 0.5) is 4.79 Å². The Labute approximate surface area is 2140 Å². The molecule has 9 nitrogen and oxygen atoms in total. The van der Waals surface area contributed by atoms with Crippen molar-refractivity contribution in [3.63, 3.8) is 0 Å². The smallest absolute Gasteiger partial charge is 0.407 e. The number of amides is 1. The van der Waals surface area contributed by atoms with Gasteiger partial charge in [-0.2, -0.15) is 0 Å². The Morgan fingerprint density at radius 2 is 0.729 bits per heavy atom. The molecule has 1 amide bonds. The third kappa shape index (κ3) is 202. The van der Waals surface area contributed by atoms with Gasteiger partial charge < -0.3 is 33.7 Å². The van der Waals surface area contributed by atoms with Crippen molar-refractivity contribution in [1.82, 2.24) is 5.32 Å². The van der Waals surface area contributed by atoms with Gasteiger partial charge in [0.25, 0.3) is 0 Å². The normalized spacial score (nSPS) is 14.9. The zero-order valence-corrected chi connectivity index (χ0v) is 233. The van der Waals surface area contributed by atoms with E-state index in [2.05, 4.69) is 46.0 Å². The Hall–Kier alpha value is 64.2. The first-order chi connectivity index (χ1) is 22.8. The largest absolute Gasteiger partial charge is 0.446 e. The van der Waals surface area contributed by atoms with Gasteiger partial charge >= 0.3 is 13.7 Å². The van der Waals surface area contributed by atoms with Crippen molar-refractivity contribution in [3.8, 4) is 0 Å². The topological polar surface area (TPSA) is 113 Å². The van der Waals surface area contributed by atoms with Crippen LogP contribution in [0.15, 0.2) is 11.6 Å². The number of nitrogens with one attached hydrogen (secondary N) is 1. The van der Waals surface area contributed by atoms with E-state index in [4.69, 9.17) is 28.4 Å². The summed E-state index contributed by atoms with van der Waals surface area (Å²) < 4.78 is 38.0. The summed E-state index contributed by atoms with van der Waals surface area (Å²) in [5.74, 6) is 5.00. The van der Waals surface area contributed by atoms with Crippen molar-refractivity contribution in [1.29, 1.82) is 0 Å². The van der Waals surface area contributed by atoms with Gasteiger partial charge in [-0.05, 0) is 97.7 Å². The Bertz CT molecular complexity index is 1190. The van der Waals surface area contributed by atoms with Crippen LogP contribution in [0.2, 0.25) is 0 Å². The van der Waals surface area contributed by atoms with Crippen molar-refractivity contribution in [3.05, 3.63) is 11.6 Å². The predicted molar refractivity (Wildman–Crippen MR) is 190 cm³/mol.